The van der Waals surface area contributed by atoms with E-state index in [9.17, 15) is 5.26 Å². The van der Waals surface area contributed by atoms with Crippen LogP contribution >= 0.6 is 0 Å². The Morgan fingerprint density at radius 2 is 2.26 bits per heavy atom. The van der Waals surface area contributed by atoms with Crippen molar-refractivity contribution >= 4 is 11.0 Å². The van der Waals surface area contributed by atoms with Gasteiger partial charge in [0.25, 0.3) is 0 Å². The summed E-state index contributed by atoms with van der Waals surface area (Å²) in [4.78, 5) is 11.9. The standard InChI is InChI=1S/C22H24N8O/c23-6-1-19(16-3-8-28(12-16)30-9-4-15-5-10-31-22(15)30)29-13-17(11-27-29)20-18-2-7-24-21(18)26-14-25-20/h2,7,11,13-14,16,19H,1,3-5,8-10,12H2,(H,24,25,26). The van der Waals surface area contributed by atoms with Crippen LogP contribution in [0.5, 0.6) is 0 Å². The third kappa shape index (κ3) is 3.06. The van der Waals surface area contributed by atoms with Crippen molar-refractivity contribution in [2.24, 2.45) is 5.92 Å². The van der Waals surface area contributed by atoms with E-state index in [1.807, 2.05) is 29.3 Å². The number of hydrogen-bond acceptors (Lipinski definition) is 7. The largest absolute Gasteiger partial charge is 0.478 e. The monoisotopic (exact) mass is 416 g/mol. The zero-order valence-electron chi connectivity index (χ0n) is 17.2. The smallest absolute Gasteiger partial charge is 0.203 e. The maximum Gasteiger partial charge on any atom is 0.203 e. The Kier molecular flexibility index (Phi) is 4.39. The van der Waals surface area contributed by atoms with Crippen molar-refractivity contribution in [1.29, 1.82) is 5.26 Å². The molecule has 1 fully saturated rings. The summed E-state index contributed by atoms with van der Waals surface area (Å²) in [5, 5.41) is 19.9. The van der Waals surface area contributed by atoms with Crippen LogP contribution in [0.2, 0.25) is 0 Å². The highest BCUT2D eigenvalue weighted by molar-refractivity contribution is 5.89. The highest BCUT2D eigenvalue weighted by atomic mass is 16.5. The summed E-state index contributed by atoms with van der Waals surface area (Å²) < 4.78 is 7.86. The Hall–Kier alpha value is -3.38. The molecule has 0 spiro atoms. The lowest BCUT2D eigenvalue weighted by Gasteiger charge is -2.31. The van der Waals surface area contributed by atoms with Crippen LogP contribution < -0.4 is 0 Å². The fourth-order valence-corrected chi connectivity index (χ4v) is 5.20. The molecule has 31 heavy (non-hydrogen) atoms. The molecule has 0 aromatic carbocycles. The zero-order valence-corrected chi connectivity index (χ0v) is 17.2. The summed E-state index contributed by atoms with van der Waals surface area (Å²) >= 11 is 0. The average molecular weight is 416 g/mol. The highest BCUT2D eigenvalue weighted by Crippen LogP contribution is 2.37. The van der Waals surface area contributed by atoms with Crippen molar-refractivity contribution in [2.75, 3.05) is 26.2 Å². The van der Waals surface area contributed by atoms with Crippen molar-refractivity contribution in [3.8, 4) is 17.3 Å². The molecule has 0 amide bonds. The predicted octanol–water partition coefficient (Wildman–Crippen LogP) is 2.85. The topological polar surface area (TPSA) is 98.9 Å². The molecule has 6 heterocycles. The molecule has 0 saturated carbocycles. The normalized spacial score (nSPS) is 22.2. The van der Waals surface area contributed by atoms with E-state index >= 15 is 0 Å². The van der Waals surface area contributed by atoms with E-state index in [0.717, 1.165) is 73.7 Å². The number of H-pyrrole nitrogens is 1. The van der Waals surface area contributed by atoms with Gasteiger partial charge in [-0.25, -0.2) is 15.0 Å². The molecule has 1 saturated heterocycles. The van der Waals surface area contributed by atoms with E-state index in [-0.39, 0.29) is 6.04 Å². The van der Waals surface area contributed by atoms with E-state index < -0.39 is 0 Å². The number of fused-ring (bicyclic) bond motifs is 1. The Labute approximate surface area is 179 Å². The number of ether oxygens (including phenoxy) is 1. The molecule has 2 unspecified atom stereocenters. The fourth-order valence-electron chi connectivity index (χ4n) is 5.20. The molecule has 3 aliphatic heterocycles. The van der Waals surface area contributed by atoms with Gasteiger partial charge in [0.15, 0.2) is 0 Å². The second-order valence-corrected chi connectivity index (χ2v) is 8.44. The summed E-state index contributed by atoms with van der Waals surface area (Å²) in [7, 11) is 0. The van der Waals surface area contributed by atoms with Crippen molar-refractivity contribution < 1.29 is 4.74 Å². The Morgan fingerprint density at radius 3 is 3.19 bits per heavy atom. The molecular weight excluding hydrogens is 392 g/mol. The first-order valence-corrected chi connectivity index (χ1v) is 10.9. The summed E-state index contributed by atoms with van der Waals surface area (Å²) in [6.07, 6.45) is 10.9. The van der Waals surface area contributed by atoms with Crippen molar-refractivity contribution in [1.82, 2.24) is 34.8 Å². The number of nitriles is 1. The van der Waals surface area contributed by atoms with Gasteiger partial charge in [0.2, 0.25) is 5.88 Å². The lowest BCUT2D eigenvalue weighted by atomic mass is 9.97. The van der Waals surface area contributed by atoms with Gasteiger partial charge >= 0.3 is 0 Å². The fraction of sp³-hybridized carbons (Fsp3) is 0.455. The SMILES string of the molecule is N#CCC(C1CCN(N2CCC3=C2OCC3)C1)n1cc(-c2ncnc3[nH]ccc23)cn1. The molecule has 3 aromatic rings. The van der Waals surface area contributed by atoms with Crippen LogP contribution in [-0.2, 0) is 4.74 Å². The third-order valence-electron chi connectivity index (χ3n) is 6.76. The molecule has 3 aromatic heterocycles. The summed E-state index contributed by atoms with van der Waals surface area (Å²) in [6, 6.07) is 4.40. The molecule has 0 radical (unpaired) electrons. The quantitative estimate of drug-likeness (QED) is 0.683. The summed E-state index contributed by atoms with van der Waals surface area (Å²) in [6.45, 7) is 3.71. The minimum absolute atomic E-state index is 0.0350. The van der Waals surface area contributed by atoms with Crippen molar-refractivity contribution in [3.05, 3.63) is 42.4 Å². The molecule has 9 nitrogen and oxygen atoms in total. The maximum atomic E-state index is 9.53. The van der Waals surface area contributed by atoms with Gasteiger partial charge in [-0.3, -0.25) is 9.69 Å². The van der Waals surface area contributed by atoms with Gasteiger partial charge in [0, 0.05) is 49.4 Å². The first-order chi connectivity index (χ1) is 15.3. The highest BCUT2D eigenvalue weighted by Gasteiger charge is 2.38. The zero-order chi connectivity index (χ0) is 20.8. The first-order valence-electron chi connectivity index (χ1n) is 10.9. The van der Waals surface area contributed by atoms with E-state index in [0.29, 0.717) is 12.3 Å². The summed E-state index contributed by atoms with van der Waals surface area (Å²) in [5.74, 6) is 1.44. The molecule has 158 valence electrons. The number of hydrogen-bond donors (Lipinski definition) is 1. The number of nitrogens with one attached hydrogen (secondary N) is 1. The maximum absolute atomic E-state index is 9.53. The number of rotatable bonds is 5. The van der Waals surface area contributed by atoms with E-state index in [1.165, 1.54) is 5.57 Å². The molecular formula is C22H24N8O. The molecule has 9 heteroatoms. The lowest BCUT2D eigenvalue weighted by Crippen LogP contribution is -2.39. The van der Waals surface area contributed by atoms with Gasteiger partial charge in [-0.15, -0.1) is 0 Å². The second-order valence-electron chi connectivity index (χ2n) is 8.44. The van der Waals surface area contributed by atoms with Crippen LogP contribution in [0.1, 0.15) is 31.7 Å². The number of nitrogens with zero attached hydrogens (tertiary/aromatic N) is 7. The number of hydrazine groups is 1. The van der Waals surface area contributed by atoms with E-state index in [4.69, 9.17) is 4.74 Å². The van der Waals surface area contributed by atoms with E-state index in [2.05, 4.69) is 36.1 Å². The molecule has 0 bridgehead atoms. The minimum atomic E-state index is 0.0350. The van der Waals surface area contributed by atoms with Crippen molar-refractivity contribution in [2.45, 2.75) is 31.7 Å². The molecule has 3 aliphatic rings. The van der Waals surface area contributed by atoms with Crippen LogP contribution in [0.25, 0.3) is 22.3 Å². The summed E-state index contributed by atoms with van der Waals surface area (Å²) in [5.41, 5.74) is 4.07. The van der Waals surface area contributed by atoms with Gasteiger partial charge < -0.3 is 9.72 Å². The molecule has 0 aliphatic carbocycles. The molecule has 1 N–H and O–H groups in total. The van der Waals surface area contributed by atoms with Gasteiger partial charge in [0.1, 0.15) is 12.0 Å². The second kappa shape index (κ2) is 7.39. The van der Waals surface area contributed by atoms with Crippen LogP contribution in [0.4, 0.5) is 0 Å². The molecule has 6 rings (SSSR count). The van der Waals surface area contributed by atoms with Crippen LogP contribution in [0, 0.1) is 17.2 Å². The first kappa shape index (κ1) is 18.4. The predicted molar refractivity (Wildman–Crippen MR) is 113 cm³/mol. The van der Waals surface area contributed by atoms with E-state index in [1.54, 1.807) is 6.33 Å². The lowest BCUT2D eigenvalue weighted by molar-refractivity contribution is -0.0212. The van der Waals surface area contributed by atoms with Crippen LogP contribution in [-0.4, -0.2) is 61.0 Å². The minimum Gasteiger partial charge on any atom is -0.478 e. The van der Waals surface area contributed by atoms with Crippen molar-refractivity contribution in [3.63, 3.8) is 0 Å². The van der Waals surface area contributed by atoms with Gasteiger partial charge in [-0.05, 0) is 30.4 Å². The van der Waals surface area contributed by atoms with Gasteiger partial charge in [-0.2, -0.15) is 10.4 Å². The Bertz CT molecular complexity index is 1190. The Balaban J connectivity index is 1.24. The van der Waals surface area contributed by atoms with Gasteiger partial charge in [-0.1, -0.05) is 0 Å². The third-order valence-corrected chi connectivity index (χ3v) is 6.76. The average Bonchev–Trinajstić information content (AvgIpc) is 3.58. The number of aromatic amines is 1. The molecule has 2 atom stereocenters. The number of aromatic nitrogens is 5. The van der Waals surface area contributed by atoms with Gasteiger partial charge in [0.05, 0.1) is 37.0 Å². The van der Waals surface area contributed by atoms with Crippen LogP contribution in [0.3, 0.4) is 0 Å². The Morgan fingerprint density at radius 1 is 1.29 bits per heavy atom. The van der Waals surface area contributed by atoms with Crippen LogP contribution in [0.15, 0.2) is 42.4 Å².